The van der Waals surface area contributed by atoms with E-state index in [-0.39, 0.29) is 0 Å². The van der Waals surface area contributed by atoms with Crippen LogP contribution in [0.4, 0.5) is 0 Å². The van der Waals surface area contributed by atoms with Crippen molar-refractivity contribution in [1.82, 2.24) is 9.78 Å². The van der Waals surface area contributed by atoms with E-state index in [0.717, 1.165) is 42.2 Å². The summed E-state index contributed by atoms with van der Waals surface area (Å²) in [6.45, 7) is 4.75. The van der Waals surface area contributed by atoms with Crippen LogP contribution < -0.4 is 0 Å². The van der Waals surface area contributed by atoms with Gasteiger partial charge in [-0.3, -0.25) is 9.48 Å². The summed E-state index contributed by atoms with van der Waals surface area (Å²) in [5.41, 5.74) is 1.87. The van der Waals surface area contributed by atoms with Gasteiger partial charge in [0.15, 0.2) is 0 Å². The number of hydrogen-bond donors (Lipinski definition) is 0. The first-order valence-electron chi connectivity index (χ1n) is 5.88. The Kier molecular flexibility index (Phi) is 3.33. The van der Waals surface area contributed by atoms with Gasteiger partial charge in [-0.25, -0.2) is 0 Å². The van der Waals surface area contributed by atoms with E-state index in [1.54, 1.807) is 0 Å². The third kappa shape index (κ3) is 2.29. The molecule has 16 heavy (non-hydrogen) atoms. The number of carbonyl (C=O) groups excluding carboxylic acids is 1. The largest absolute Gasteiger partial charge is 0.299 e. The summed E-state index contributed by atoms with van der Waals surface area (Å²) in [5.74, 6) is 0.732. The fourth-order valence-electron chi connectivity index (χ4n) is 1.96. The molecular formula is C12H17ClN2O. The van der Waals surface area contributed by atoms with Crippen molar-refractivity contribution in [3.8, 4) is 0 Å². The van der Waals surface area contributed by atoms with Crippen molar-refractivity contribution >= 4 is 17.4 Å². The van der Waals surface area contributed by atoms with Crippen molar-refractivity contribution in [2.24, 2.45) is 5.92 Å². The number of ketones is 1. The second-order valence-electron chi connectivity index (χ2n) is 4.40. The Morgan fingerprint density at radius 1 is 1.56 bits per heavy atom. The lowest BCUT2D eigenvalue weighted by molar-refractivity contribution is -0.120. The van der Waals surface area contributed by atoms with Crippen LogP contribution in [0.1, 0.15) is 37.6 Å². The van der Waals surface area contributed by atoms with Crippen molar-refractivity contribution in [2.45, 2.75) is 46.1 Å². The second kappa shape index (κ2) is 4.58. The van der Waals surface area contributed by atoms with E-state index in [2.05, 4.69) is 5.10 Å². The monoisotopic (exact) mass is 240 g/mol. The molecule has 1 aliphatic carbocycles. The smallest absolute Gasteiger partial charge is 0.136 e. The van der Waals surface area contributed by atoms with Gasteiger partial charge in [0.25, 0.3) is 0 Å². The lowest BCUT2D eigenvalue weighted by Gasteiger charge is -2.04. The highest BCUT2D eigenvalue weighted by molar-refractivity contribution is 6.31. The highest BCUT2D eigenvalue weighted by atomic mass is 35.5. The Bertz CT molecular complexity index is 407. The summed E-state index contributed by atoms with van der Waals surface area (Å²) in [5, 5.41) is 5.07. The molecule has 0 bridgehead atoms. The zero-order chi connectivity index (χ0) is 11.7. The maximum atomic E-state index is 11.6. The summed E-state index contributed by atoms with van der Waals surface area (Å²) in [6.07, 6.45) is 3.50. The van der Waals surface area contributed by atoms with Crippen LogP contribution in [0.25, 0.3) is 0 Å². The Balaban J connectivity index is 2.04. The molecule has 1 fully saturated rings. The van der Waals surface area contributed by atoms with Gasteiger partial charge in [-0.1, -0.05) is 11.6 Å². The van der Waals surface area contributed by atoms with Crippen LogP contribution in [-0.4, -0.2) is 15.6 Å². The number of halogens is 1. The van der Waals surface area contributed by atoms with Gasteiger partial charge in [0.1, 0.15) is 5.78 Å². The van der Waals surface area contributed by atoms with Crippen molar-refractivity contribution in [3.63, 3.8) is 0 Å². The maximum Gasteiger partial charge on any atom is 0.136 e. The van der Waals surface area contributed by atoms with Crippen molar-refractivity contribution in [1.29, 1.82) is 0 Å². The number of carbonyl (C=O) groups is 1. The van der Waals surface area contributed by atoms with Gasteiger partial charge in [-0.15, -0.1) is 0 Å². The number of hydrogen-bond acceptors (Lipinski definition) is 2. The van der Waals surface area contributed by atoms with Crippen LogP contribution in [0.3, 0.4) is 0 Å². The predicted octanol–water partition coefficient (Wildman–Crippen LogP) is 2.78. The van der Waals surface area contributed by atoms with E-state index in [1.807, 2.05) is 18.5 Å². The predicted molar refractivity (Wildman–Crippen MR) is 63.7 cm³/mol. The molecule has 2 rings (SSSR count). The first-order chi connectivity index (χ1) is 7.63. The van der Waals surface area contributed by atoms with Crippen LogP contribution in [0.5, 0.6) is 0 Å². The molecule has 0 saturated heterocycles. The minimum Gasteiger partial charge on any atom is -0.299 e. The summed E-state index contributed by atoms with van der Waals surface area (Å²) in [6, 6.07) is 0. The summed E-state index contributed by atoms with van der Waals surface area (Å²) in [7, 11) is 0. The van der Waals surface area contributed by atoms with E-state index in [0.29, 0.717) is 18.1 Å². The number of aromatic nitrogens is 2. The molecule has 4 heteroatoms. The average molecular weight is 241 g/mol. The third-order valence-electron chi connectivity index (χ3n) is 3.09. The molecule has 1 aliphatic rings. The molecule has 0 atom stereocenters. The molecule has 1 saturated carbocycles. The quantitative estimate of drug-likeness (QED) is 0.793. The molecule has 1 heterocycles. The number of nitrogens with zero attached hydrogens (tertiary/aromatic N) is 2. The molecule has 0 aliphatic heterocycles. The van der Waals surface area contributed by atoms with E-state index in [9.17, 15) is 4.79 Å². The van der Waals surface area contributed by atoms with E-state index in [1.165, 1.54) is 0 Å². The van der Waals surface area contributed by atoms with Gasteiger partial charge < -0.3 is 0 Å². The van der Waals surface area contributed by atoms with Crippen LogP contribution in [0, 0.1) is 12.8 Å². The summed E-state index contributed by atoms with van der Waals surface area (Å²) in [4.78, 5) is 11.6. The SMILES string of the molecule is CCn1nc(C)c(Cl)c1CCC(=O)C1CC1. The molecule has 3 nitrogen and oxygen atoms in total. The lowest BCUT2D eigenvalue weighted by Crippen LogP contribution is -2.07. The first-order valence-corrected chi connectivity index (χ1v) is 6.25. The minimum absolute atomic E-state index is 0.345. The van der Waals surface area contributed by atoms with Crippen LogP contribution >= 0.6 is 11.6 Å². The Morgan fingerprint density at radius 3 is 2.81 bits per heavy atom. The first kappa shape index (κ1) is 11.6. The highest BCUT2D eigenvalue weighted by Gasteiger charge is 2.29. The van der Waals surface area contributed by atoms with Crippen molar-refractivity contribution in [3.05, 3.63) is 16.4 Å². The summed E-state index contributed by atoms with van der Waals surface area (Å²) >= 11 is 6.18. The van der Waals surface area contributed by atoms with Gasteiger partial charge in [0.2, 0.25) is 0 Å². The average Bonchev–Trinajstić information content (AvgIpc) is 3.06. The van der Waals surface area contributed by atoms with Crippen LogP contribution in [-0.2, 0) is 17.8 Å². The Labute approximate surface area is 101 Å². The molecule has 0 aromatic carbocycles. The van der Waals surface area contributed by atoms with Gasteiger partial charge in [0.05, 0.1) is 16.4 Å². The fraction of sp³-hybridized carbons (Fsp3) is 0.667. The second-order valence-corrected chi connectivity index (χ2v) is 4.78. The summed E-state index contributed by atoms with van der Waals surface area (Å²) < 4.78 is 1.90. The van der Waals surface area contributed by atoms with Crippen LogP contribution in [0.2, 0.25) is 5.02 Å². The Morgan fingerprint density at radius 2 is 2.25 bits per heavy atom. The number of rotatable bonds is 5. The molecule has 0 unspecified atom stereocenters. The van der Waals surface area contributed by atoms with Crippen LogP contribution in [0.15, 0.2) is 0 Å². The van der Waals surface area contributed by atoms with Crippen molar-refractivity contribution in [2.75, 3.05) is 0 Å². The molecule has 1 aromatic heterocycles. The molecule has 0 radical (unpaired) electrons. The standard InChI is InChI=1S/C12H17ClN2O/c1-3-15-10(12(13)8(2)14-15)6-7-11(16)9-4-5-9/h9H,3-7H2,1-2H3. The maximum absolute atomic E-state index is 11.6. The third-order valence-corrected chi connectivity index (χ3v) is 3.59. The zero-order valence-corrected chi connectivity index (χ0v) is 10.5. The normalized spacial score (nSPS) is 15.4. The number of aryl methyl sites for hydroxylation is 2. The molecule has 0 N–H and O–H groups in total. The van der Waals surface area contributed by atoms with Gasteiger partial charge in [0, 0.05) is 18.9 Å². The van der Waals surface area contributed by atoms with Crippen molar-refractivity contribution < 1.29 is 4.79 Å². The zero-order valence-electron chi connectivity index (χ0n) is 9.79. The molecule has 1 aromatic rings. The highest BCUT2D eigenvalue weighted by Crippen LogP contribution is 2.32. The molecular weight excluding hydrogens is 224 g/mol. The van der Waals surface area contributed by atoms with Gasteiger partial charge in [-0.2, -0.15) is 5.10 Å². The van der Waals surface area contributed by atoms with E-state index < -0.39 is 0 Å². The van der Waals surface area contributed by atoms with E-state index in [4.69, 9.17) is 11.6 Å². The topological polar surface area (TPSA) is 34.9 Å². The minimum atomic E-state index is 0.345. The molecule has 0 spiro atoms. The van der Waals surface area contributed by atoms with Gasteiger partial charge >= 0.3 is 0 Å². The number of Topliss-reactive ketones (excluding diaryl/α,β-unsaturated/α-hetero) is 1. The van der Waals surface area contributed by atoms with E-state index >= 15 is 0 Å². The Hall–Kier alpha value is -0.830. The fourth-order valence-corrected chi connectivity index (χ4v) is 2.19. The molecule has 88 valence electrons. The molecule has 0 amide bonds. The lowest BCUT2D eigenvalue weighted by atomic mass is 10.1. The van der Waals surface area contributed by atoms with Gasteiger partial charge in [-0.05, 0) is 33.1 Å².